The average Bonchev–Trinajstić information content (AvgIpc) is 2.71. The molecule has 0 heterocycles. The van der Waals surface area contributed by atoms with Crippen LogP contribution in [0.1, 0.15) is 11.1 Å². The van der Waals surface area contributed by atoms with Crippen LogP contribution in [0.4, 0.5) is 0 Å². The predicted octanol–water partition coefficient (Wildman–Crippen LogP) is 1.96. The van der Waals surface area contributed by atoms with Crippen molar-refractivity contribution in [2.24, 2.45) is 0 Å². The van der Waals surface area contributed by atoms with Gasteiger partial charge in [0.25, 0.3) is 5.75 Å². The SMILES string of the molecule is COc1cc(/C=C\c2ccc(OC)c(O[P+](O)(O)O)c2O[P+](O)(O)O)cc(OC)c1OC. The molecule has 2 aromatic carbocycles. The molecule has 0 aliphatic carbocycles. The van der Waals surface area contributed by atoms with Crippen LogP contribution >= 0.6 is 16.3 Å². The minimum absolute atomic E-state index is 0.0875. The quantitative estimate of drug-likeness (QED) is 0.209. The van der Waals surface area contributed by atoms with Crippen LogP contribution in [0.25, 0.3) is 12.2 Å². The molecule has 0 saturated heterocycles. The molecule has 0 amide bonds. The molecule has 0 saturated carbocycles. The highest BCUT2D eigenvalue weighted by atomic mass is 31.2. The van der Waals surface area contributed by atoms with Crippen LogP contribution in [-0.2, 0) is 0 Å². The first-order chi connectivity index (χ1) is 14.9. The third-order valence-electron chi connectivity index (χ3n) is 3.90. The van der Waals surface area contributed by atoms with Crippen LogP contribution < -0.4 is 28.0 Å². The van der Waals surface area contributed by atoms with E-state index in [1.165, 1.54) is 46.6 Å². The Morgan fingerprint density at radius 2 is 1.09 bits per heavy atom. The maximum Gasteiger partial charge on any atom is 0.614 e. The summed E-state index contributed by atoms with van der Waals surface area (Å²) in [6.45, 7) is 0. The van der Waals surface area contributed by atoms with Gasteiger partial charge in [0.05, 0.1) is 28.4 Å². The first kappa shape index (κ1) is 25.9. The van der Waals surface area contributed by atoms with Crippen LogP contribution in [-0.4, -0.2) is 57.8 Å². The summed E-state index contributed by atoms with van der Waals surface area (Å²) >= 11 is 0. The van der Waals surface area contributed by atoms with E-state index < -0.39 is 27.8 Å². The Labute approximate surface area is 184 Å². The van der Waals surface area contributed by atoms with Crippen LogP contribution in [0.2, 0.25) is 0 Å². The van der Waals surface area contributed by atoms with Gasteiger partial charge in [-0.3, -0.25) is 9.05 Å². The maximum atomic E-state index is 9.42. The summed E-state index contributed by atoms with van der Waals surface area (Å²) in [5.41, 5.74) is 0.652. The number of hydrogen-bond acceptors (Lipinski definition) is 12. The largest absolute Gasteiger partial charge is 0.614 e. The molecule has 0 bridgehead atoms. The summed E-state index contributed by atoms with van der Waals surface area (Å²) in [6.07, 6.45) is 2.97. The molecule has 14 heteroatoms. The first-order valence-corrected chi connectivity index (χ1v) is 11.8. The van der Waals surface area contributed by atoms with E-state index in [0.29, 0.717) is 22.8 Å². The Balaban J connectivity index is 2.62. The van der Waals surface area contributed by atoms with Gasteiger partial charge in [-0.05, 0) is 29.8 Å². The molecule has 0 atom stereocenters. The topological polar surface area (TPSA) is 177 Å². The van der Waals surface area contributed by atoms with Gasteiger partial charge < -0.3 is 18.9 Å². The molecule has 0 aromatic heterocycles. The third kappa shape index (κ3) is 6.80. The Kier molecular flexibility index (Phi) is 8.47. The summed E-state index contributed by atoms with van der Waals surface area (Å²) in [7, 11) is -4.17. The van der Waals surface area contributed by atoms with E-state index in [-0.39, 0.29) is 11.3 Å². The second kappa shape index (κ2) is 10.5. The lowest BCUT2D eigenvalue weighted by atomic mass is 10.1. The molecular formula is C18H24O12P2+2. The highest BCUT2D eigenvalue weighted by Gasteiger charge is 2.43. The van der Waals surface area contributed by atoms with Gasteiger partial charge in [-0.15, -0.1) is 0 Å². The highest BCUT2D eigenvalue weighted by Crippen LogP contribution is 2.57. The van der Waals surface area contributed by atoms with E-state index in [0.717, 1.165) is 0 Å². The van der Waals surface area contributed by atoms with E-state index in [2.05, 4.69) is 0 Å². The molecule has 176 valence electrons. The van der Waals surface area contributed by atoms with Crippen LogP contribution in [0, 0.1) is 0 Å². The van der Waals surface area contributed by atoms with Crippen molar-refractivity contribution in [3.05, 3.63) is 35.4 Å². The van der Waals surface area contributed by atoms with Gasteiger partial charge in [0.2, 0.25) is 11.5 Å². The Morgan fingerprint density at radius 3 is 1.53 bits per heavy atom. The van der Waals surface area contributed by atoms with Crippen molar-refractivity contribution in [2.45, 2.75) is 0 Å². The van der Waals surface area contributed by atoms with E-state index in [9.17, 15) is 29.4 Å². The minimum Gasteiger partial charge on any atom is -0.493 e. The molecule has 0 fully saturated rings. The van der Waals surface area contributed by atoms with E-state index in [4.69, 9.17) is 28.0 Å². The lowest BCUT2D eigenvalue weighted by molar-refractivity contribution is 0.216. The summed E-state index contributed by atoms with van der Waals surface area (Å²) in [6, 6.07) is 6.00. The lowest BCUT2D eigenvalue weighted by Gasteiger charge is -2.15. The molecule has 0 radical (unpaired) electrons. The van der Waals surface area contributed by atoms with E-state index >= 15 is 0 Å². The van der Waals surface area contributed by atoms with Crippen molar-refractivity contribution in [2.75, 3.05) is 28.4 Å². The number of ether oxygens (including phenoxy) is 4. The zero-order valence-electron chi connectivity index (χ0n) is 17.5. The maximum absolute atomic E-state index is 9.42. The zero-order valence-corrected chi connectivity index (χ0v) is 19.3. The Bertz CT molecular complexity index is 941. The molecular weight excluding hydrogens is 470 g/mol. The van der Waals surface area contributed by atoms with Gasteiger partial charge in [-0.2, -0.15) is 29.4 Å². The summed E-state index contributed by atoms with van der Waals surface area (Å²) < 4.78 is 30.4. The second-order valence-electron chi connectivity index (χ2n) is 6.02. The van der Waals surface area contributed by atoms with Gasteiger partial charge in [0.1, 0.15) is 0 Å². The fraction of sp³-hybridized carbons (Fsp3) is 0.222. The molecule has 2 rings (SSSR count). The van der Waals surface area contributed by atoms with Gasteiger partial charge in [0.15, 0.2) is 17.2 Å². The molecule has 12 nitrogen and oxygen atoms in total. The molecule has 0 unspecified atom stereocenters. The predicted molar refractivity (Wildman–Crippen MR) is 116 cm³/mol. The molecule has 0 aliphatic heterocycles. The highest BCUT2D eigenvalue weighted by molar-refractivity contribution is 7.54. The van der Waals surface area contributed by atoms with Crippen LogP contribution in [0.3, 0.4) is 0 Å². The molecule has 6 N–H and O–H groups in total. The minimum atomic E-state index is -4.88. The van der Waals surface area contributed by atoms with Gasteiger partial charge in [-0.1, -0.05) is 12.2 Å². The number of hydrogen-bond donors (Lipinski definition) is 6. The standard InChI is InChI=1S/C18H24O12P2/c1-25-13-8-7-12(16(29-31(19,20)21)18(13)30-32(22,23)24)6-5-11-9-14(26-2)17(28-4)15(10-11)27-3/h5-10,19-24H,1-4H3/q+2/b6-5-. The lowest BCUT2D eigenvalue weighted by Crippen LogP contribution is -2.05. The summed E-state index contributed by atoms with van der Waals surface area (Å²) in [5.74, 6) is -0.135. The summed E-state index contributed by atoms with van der Waals surface area (Å²) in [4.78, 5) is 56.2. The van der Waals surface area contributed by atoms with Crippen molar-refractivity contribution < 1.29 is 57.4 Å². The van der Waals surface area contributed by atoms with Gasteiger partial charge >= 0.3 is 16.3 Å². The Hall–Kier alpha value is -2.40. The third-order valence-corrected chi connectivity index (χ3v) is 4.75. The Morgan fingerprint density at radius 1 is 0.594 bits per heavy atom. The molecule has 2 aromatic rings. The van der Waals surface area contributed by atoms with Crippen LogP contribution in [0.15, 0.2) is 24.3 Å². The normalized spacial score (nSPS) is 11.9. The average molecular weight is 494 g/mol. The van der Waals surface area contributed by atoms with Gasteiger partial charge in [-0.25, -0.2) is 0 Å². The van der Waals surface area contributed by atoms with Crippen molar-refractivity contribution >= 4 is 28.5 Å². The monoisotopic (exact) mass is 494 g/mol. The first-order valence-electron chi connectivity index (χ1n) is 8.65. The molecule has 0 aliphatic rings. The zero-order chi connectivity index (χ0) is 24.1. The van der Waals surface area contributed by atoms with Crippen molar-refractivity contribution in [3.8, 4) is 34.5 Å². The molecule has 0 spiro atoms. The summed E-state index contributed by atoms with van der Waals surface area (Å²) in [5, 5.41) is 0. The number of methoxy groups -OCH3 is 4. The number of rotatable bonds is 10. The fourth-order valence-corrected chi connectivity index (χ4v) is 3.51. The van der Waals surface area contributed by atoms with E-state index in [1.807, 2.05) is 0 Å². The van der Waals surface area contributed by atoms with Crippen molar-refractivity contribution in [1.82, 2.24) is 0 Å². The second-order valence-corrected chi connectivity index (χ2v) is 8.43. The van der Waals surface area contributed by atoms with Crippen molar-refractivity contribution in [3.63, 3.8) is 0 Å². The van der Waals surface area contributed by atoms with E-state index in [1.54, 1.807) is 18.2 Å². The smallest absolute Gasteiger partial charge is 0.493 e. The van der Waals surface area contributed by atoms with Gasteiger partial charge in [0, 0.05) is 5.56 Å². The fourth-order valence-electron chi connectivity index (χ4n) is 2.66. The van der Waals surface area contributed by atoms with Crippen LogP contribution in [0.5, 0.6) is 34.5 Å². The van der Waals surface area contributed by atoms with Crippen molar-refractivity contribution in [1.29, 1.82) is 0 Å². The number of benzene rings is 2. The molecule has 32 heavy (non-hydrogen) atoms.